The summed E-state index contributed by atoms with van der Waals surface area (Å²) in [5.41, 5.74) is 4.02. The molecule has 0 N–H and O–H groups in total. The average Bonchev–Trinajstić information content (AvgIpc) is 3.09. The molecule has 0 aliphatic rings. The van der Waals surface area contributed by atoms with Gasteiger partial charge in [0.2, 0.25) is 0 Å². The maximum absolute atomic E-state index is 11.0. The van der Waals surface area contributed by atoms with Gasteiger partial charge in [-0.1, -0.05) is 6.07 Å². The molecule has 0 spiro atoms. The zero-order valence-electron chi connectivity index (χ0n) is 17.8. The molecule has 0 aliphatic carbocycles. The van der Waals surface area contributed by atoms with Crippen LogP contribution in [-0.4, -0.2) is 26.8 Å². The van der Waals surface area contributed by atoms with Crippen LogP contribution in [0.4, 0.5) is 22.7 Å². The van der Waals surface area contributed by atoms with E-state index in [0.717, 1.165) is 28.6 Å². The molecule has 2 aromatic carbocycles. The average molecular weight is 532 g/mol. The molecular weight excluding hydrogens is 513 g/mol. The number of non-ortho nitro benzene ring substituents is 2. The molecule has 0 radical (unpaired) electrons. The van der Waals surface area contributed by atoms with Crippen molar-refractivity contribution in [3.8, 4) is 0 Å². The number of nitrogens with zero attached hydrogens (tertiary/aromatic N) is 5. The van der Waals surface area contributed by atoms with Gasteiger partial charge in [-0.2, -0.15) is 0 Å². The van der Waals surface area contributed by atoms with Crippen LogP contribution in [0.2, 0.25) is 0 Å². The van der Waals surface area contributed by atoms with E-state index in [1.807, 2.05) is 49.7 Å². The monoisotopic (exact) mass is 531 g/mol. The molecule has 1 heterocycles. The number of aryl methyl sites for hydroxylation is 2. The van der Waals surface area contributed by atoms with Crippen LogP contribution < -0.4 is 0 Å². The van der Waals surface area contributed by atoms with Crippen LogP contribution in [0.1, 0.15) is 22.5 Å². The zero-order chi connectivity index (χ0) is 24.5. The number of rotatable bonds is 6. The molecule has 9 nitrogen and oxygen atoms in total. The first kappa shape index (κ1) is 26.2. The molecule has 1 aromatic heterocycles. The second kappa shape index (κ2) is 12.3. The van der Waals surface area contributed by atoms with E-state index in [9.17, 15) is 20.2 Å². The molecule has 33 heavy (non-hydrogen) atoms. The maximum atomic E-state index is 11.0. The minimum atomic E-state index is -0.684. The van der Waals surface area contributed by atoms with Crippen molar-refractivity contribution in [3.63, 3.8) is 0 Å². The number of hydrogen-bond acceptors (Lipinski definition) is 6. The Bertz CT molecular complexity index is 1170. The number of aromatic nitrogens is 1. The van der Waals surface area contributed by atoms with Crippen molar-refractivity contribution < 1.29 is 23.0 Å². The molecule has 0 aliphatic heterocycles. The molecule has 0 atom stereocenters. The summed E-state index contributed by atoms with van der Waals surface area (Å²) in [6.45, 7) is 4.03. The van der Waals surface area contributed by atoms with E-state index < -0.39 is 9.85 Å². The Morgan fingerprint density at radius 3 is 1.61 bits per heavy atom. The molecule has 0 saturated heterocycles. The predicted molar refractivity (Wildman–Crippen MR) is 127 cm³/mol. The number of aliphatic imine (C=N–C) groups is 2. The van der Waals surface area contributed by atoms with Crippen molar-refractivity contribution in [1.82, 2.24) is 4.57 Å². The van der Waals surface area contributed by atoms with Gasteiger partial charge in [0.15, 0.2) is 0 Å². The molecule has 3 rings (SSSR count). The molecule has 0 amide bonds. The summed E-state index contributed by atoms with van der Waals surface area (Å²) in [4.78, 5) is 29.3. The first-order chi connectivity index (χ1) is 15.6. The summed E-state index contributed by atoms with van der Waals surface area (Å²) in [5.74, 6) is 0. The zero-order valence-corrected chi connectivity index (χ0v) is 20.4. The van der Waals surface area contributed by atoms with Crippen molar-refractivity contribution in [2.75, 3.05) is 0 Å². The molecule has 12 heteroatoms. The van der Waals surface area contributed by atoms with Crippen LogP contribution >= 0.6 is 20.2 Å². The molecule has 3 aromatic rings. The number of nitro groups is 2. The van der Waals surface area contributed by atoms with Crippen LogP contribution in [0.15, 0.2) is 58.5 Å². The van der Waals surface area contributed by atoms with Gasteiger partial charge in [0.05, 0.1) is 51.1 Å². The fourth-order valence-electron chi connectivity index (χ4n) is 2.97. The van der Waals surface area contributed by atoms with E-state index >= 15 is 0 Å². The topological polar surface area (TPSA) is 116 Å². The molecule has 0 unspecified atom stereocenters. The second-order valence-electron chi connectivity index (χ2n) is 6.88. The number of nitro benzene ring substituents is 2. The third-order valence-electron chi connectivity index (χ3n) is 4.41. The quantitative estimate of drug-likeness (QED) is 0.160. The first-order valence-electron chi connectivity index (χ1n) is 9.25. The molecule has 0 fully saturated rings. The summed E-state index contributed by atoms with van der Waals surface area (Å²) in [7, 11) is 11.4. The van der Waals surface area contributed by atoms with E-state index in [0.29, 0.717) is 5.69 Å². The first-order valence-corrected chi connectivity index (χ1v) is 12.3. The summed E-state index contributed by atoms with van der Waals surface area (Å²) in [5, 5.41) is 22.0. The summed E-state index contributed by atoms with van der Waals surface area (Å²) >= 11 is 0.194. The predicted octanol–water partition coefficient (Wildman–Crippen LogP) is 6.34. The van der Waals surface area contributed by atoms with Gasteiger partial charge in [0, 0.05) is 19.2 Å². The Balaban J connectivity index is 0.00000122. The van der Waals surface area contributed by atoms with Gasteiger partial charge < -0.3 is 4.57 Å². The third kappa shape index (κ3) is 7.80. The van der Waals surface area contributed by atoms with Gasteiger partial charge in [-0.3, -0.25) is 30.2 Å². The number of benzene rings is 2. The van der Waals surface area contributed by atoms with Crippen molar-refractivity contribution >= 4 is 55.4 Å². The van der Waals surface area contributed by atoms with Gasteiger partial charge >= 0.3 is 33.3 Å². The van der Waals surface area contributed by atoms with Crippen LogP contribution in [0.25, 0.3) is 0 Å². The fourth-order valence-corrected chi connectivity index (χ4v) is 2.97. The van der Waals surface area contributed by atoms with Crippen LogP contribution in [0.3, 0.4) is 0 Å². The standard InChI is InChI=1S/C21H19N5O4.2ClH.Fe/c1-14-6-15(2)8-16(7-14)22-12-18-4-5-19(24(18)3)13-23-17-9-20(25(27)28)11-21(10-17)26(29)30;;;/h4-13H,1-3H3;2*1H;/q;;;+2/p-2. The molecular formula is C21H19Cl2FeN5O4. The van der Waals surface area contributed by atoms with Gasteiger partial charge in [0.25, 0.3) is 11.4 Å². The summed E-state index contributed by atoms with van der Waals surface area (Å²) in [6.07, 6.45) is 3.24. The van der Waals surface area contributed by atoms with Crippen LogP contribution in [0.5, 0.6) is 0 Å². The van der Waals surface area contributed by atoms with Crippen molar-refractivity contribution in [2.24, 2.45) is 17.0 Å². The van der Waals surface area contributed by atoms with Crippen molar-refractivity contribution in [3.05, 3.63) is 91.3 Å². The van der Waals surface area contributed by atoms with E-state index in [2.05, 4.69) is 16.1 Å². The normalized spacial score (nSPS) is 11.1. The van der Waals surface area contributed by atoms with Gasteiger partial charge in [0.1, 0.15) is 0 Å². The van der Waals surface area contributed by atoms with Crippen molar-refractivity contribution in [1.29, 1.82) is 0 Å². The number of hydrogen-bond donors (Lipinski definition) is 0. The SMILES string of the molecule is Cc1cc(C)cc(N=Cc2ccc(C=Nc3cc([N+](=O)[O-])cc([N+](=O)[O-])c3)n2C)c1.[Cl][Fe][Cl]. The van der Waals surface area contributed by atoms with Crippen LogP contribution in [0, 0.1) is 34.1 Å². The Labute approximate surface area is 204 Å². The van der Waals surface area contributed by atoms with E-state index in [1.165, 1.54) is 18.3 Å². The summed E-state index contributed by atoms with van der Waals surface area (Å²) < 4.78 is 1.85. The number of halogens is 2. The Kier molecular flexibility index (Phi) is 9.74. The Morgan fingerprint density at radius 1 is 0.818 bits per heavy atom. The minimum absolute atomic E-state index is 0.127. The Hall–Kier alpha value is -3.04. The molecule has 0 saturated carbocycles. The molecule has 174 valence electrons. The van der Waals surface area contributed by atoms with E-state index in [1.54, 1.807) is 6.21 Å². The Morgan fingerprint density at radius 2 is 1.21 bits per heavy atom. The van der Waals surface area contributed by atoms with Gasteiger partial charge in [-0.25, -0.2) is 0 Å². The van der Waals surface area contributed by atoms with Crippen molar-refractivity contribution in [2.45, 2.75) is 13.8 Å². The van der Waals surface area contributed by atoms with Crippen LogP contribution in [-0.2, 0) is 20.2 Å². The second-order valence-corrected chi connectivity index (χ2v) is 8.70. The van der Waals surface area contributed by atoms with E-state index in [-0.39, 0.29) is 30.2 Å². The fraction of sp³-hybridized carbons (Fsp3) is 0.143. The van der Waals surface area contributed by atoms with Gasteiger partial charge in [-0.05, 0) is 49.2 Å². The molecule has 0 bridgehead atoms. The third-order valence-corrected chi connectivity index (χ3v) is 4.41. The van der Waals surface area contributed by atoms with Gasteiger partial charge in [-0.15, -0.1) is 0 Å². The summed E-state index contributed by atoms with van der Waals surface area (Å²) in [6, 6.07) is 13.0. The van der Waals surface area contributed by atoms with E-state index in [4.69, 9.17) is 20.2 Å².